The predicted molar refractivity (Wildman–Crippen MR) is 115 cm³/mol. The van der Waals surface area contributed by atoms with Gasteiger partial charge in [-0.05, 0) is 38.1 Å². The molecule has 0 bridgehead atoms. The van der Waals surface area contributed by atoms with Crippen molar-refractivity contribution < 1.29 is 18.3 Å². The predicted octanol–water partition coefficient (Wildman–Crippen LogP) is 4.32. The molecule has 6 nitrogen and oxygen atoms in total. The van der Waals surface area contributed by atoms with Gasteiger partial charge >= 0.3 is 6.18 Å². The highest BCUT2D eigenvalue weighted by Gasteiger charge is 2.36. The van der Waals surface area contributed by atoms with E-state index in [1.807, 2.05) is 6.07 Å². The molecule has 0 amide bonds. The Morgan fingerprint density at radius 2 is 1.84 bits per heavy atom. The van der Waals surface area contributed by atoms with Crippen LogP contribution in [0.3, 0.4) is 0 Å². The fourth-order valence-corrected chi connectivity index (χ4v) is 3.79. The average Bonchev–Trinajstić information content (AvgIpc) is 3.24. The summed E-state index contributed by atoms with van der Waals surface area (Å²) in [4.78, 5) is 16.5. The van der Waals surface area contributed by atoms with Gasteiger partial charge in [0.05, 0.1) is 11.2 Å². The summed E-state index contributed by atoms with van der Waals surface area (Å²) in [6.45, 7) is 3.05. The van der Waals surface area contributed by atoms with Crippen molar-refractivity contribution >= 4 is 28.2 Å². The number of rotatable bonds is 2. The number of anilines is 1. The standard InChI is InChI=1S/C22H16F3N5OS/c1-12-27-16-7-6-15(29-18(16)19(26)28-12)14-5-3-4-13(10-14)8-9-21(2,31)20-30-17(11-32-20)22(23,24)25/h3-7,10-11,31H,1-2H3,(H2,26,27,28). The van der Waals surface area contributed by atoms with Crippen LogP contribution in [0.1, 0.15) is 29.0 Å². The SMILES string of the molecule is Cc1nc(N)c2nc(-c3cccc(C#CC(C)(O)c4nc(C(F)(F)F)cs4)c3)ccc2n1. The van der Waals surface area contributed by atoms with Crippen molar-refractivity contribution in [3.8, 4) is 23.1 Å². The van der Waals surface area contributed by atoms with E-state index in [-0.39, 0.29) is 10.8 Å². The van der Waals surface area contributed by atoms with Crippen LogP contribution in [0.4, 0.5) is 19.0 Å². The molecule has 3 heterocycles. The number of aliphatic hydroxyl groups is 1. The third kappa shape index (κ3) is 4.39. The number of hydrogen-bond acceptors (Lipinski definition) is 7. The van der Waals surface area contributed by atoms with Crippen molar-refractivity contribution in [2.24, 2.45) is 0 Å². The molecule has 1 aromatic carbocycles. The summed E-state index contributed by atoms with van der Waals surface area (Å²) in [7, 11) is 0. The second-order valence-electron chi connectivity index (χ2n) is 7.16. The van der Waals surface area contributed by atoms with Gasteiger partial charge in [-0.3, -0.25) is 0 Å². The Labute approximate surface area is 185 Å². The number of nitrogens with zero attached hydrogens (tertiary/aromatic N) is 4. The van der Waals surface area contributed by atoms with E-state index < -0.39 is 17.5 Å². The first-order valence-corrected chi connectivity index (χ1v) is 10.2. The molecule has 0 saturated heterocycles. The van der Waals surface area contributed by atoms with Gasteiger partial charge in [0.15, 0.2) is 17.1 Å². The molecule has 10 heteroatoms. The molecule has 3 N–H and O–H groups in total. The van der Waals surface area contributed by atoms with Crippen molar-refractivity contribution in [3.05, 3.63) is 63.9 Å². The van der Waals surface area contributed by atoms with Crippen LogP contribution < -0.4 is 5.73 Å². The number of fused-ring (bicyclic) bond motifs is 1. The number of halogens is 3. The summed E-state index contributed by atoms with van der Waals surface area (Å²) >= 11 is 0.705. The second kappa shape index (κ2) is 7.85. The van der Waals surface area contributed by atoms with Crippen LogP contribution in [0.2, 0.25) is 0 Å². The first-order chi connectivity index (χ1) is 15.0. The first kappa shape index (κ1) is 21.7. The van der Waals surface area contributed by atoms with Crippen molar-refractivity contribution in [1.29, 1.82) is 0 Å². The molecule has 3 aromatic heterocycles. The van der Waals surface area contributed by atoms with Crippen molar-refractivity contribution in [2.75, 3.05) is 5.73 Å². The van der Waals surface area contributed by atoms with Crippen molar-refractivity contribution in [1.82, 2.24) is 19.9 Å². The van der Waals surface area contributed by atoms with Crippen LogP contribution in [0, 0.1) is 18.8 Å². The number of pyridine rings is 1. The van der Waals surface area contributed by atoms with E-state index in [4.69, 9.17) is 5.73 Å². The summed E-state index contributed by atoms with van der Waals surface area (Å²) < 4.78 is 38.4. The van der Waals surface area contributed by atoms with Gasteiger partial charge < -0.3 is 10.8 Å². The quantitative estimate of drug-likeness (QED) is 0.437. The molecule has 0 spiro atoms. The molecule has 1 atom stereocenters. The summed E-state index contributed by atoms with van der Waals surface area (Å²) in [5, 5.41) is 11.3. The van der Waals surface area contributed by atoms with Gasteiger partial charge in [-0.2, -0.15) is 13.2 Å². The van der Waals surface area contributed by atoms with Gasteiger partial charge in [0.25, 0.3) is 0 Å². The molecule has 0 fully saturated rings. The molecular formula is C22H16F3N5OS. The zero-order chi connectivity index (χ0) is 23.1. The molecule has 0 aliphatic rings. The Morgan fingerprint density at radius 1 is 1.06 bits per heavy atom. The van der Waals surface area contributed by atoms with Gasteiger partial charge in [0.1, 0.15) is 16.3 Å². The molecule has 0 aliphatic heterocycles. The Bertz CT molecular complexity index is 1390. The lowest BCUT2D eigenvalue weighted by Gasteiger charge is -2.12. The number of aryl methyl sites for hydroxylation is 1. The van der Waals surface area contributed by atoms with E-state index in [2.05, 4.69) is 31.8 Å². The van der Waals surface area contributed by atoms with Crippen LogP contribution in [0.15, 0.2) is 41.8 Å². The van der Waals surface area contributed by atoms with Gasteiger partial charge in [-0.25, -0.2) is 19.9 Å². The molecule has 0 aliphatic carbocycles. The minimum Gasteiger partial charge on any atom is -0.382 e. The normalized spacial score (nSPS) is 13.4. The third-order valence-corrected chi connectivity index (χ3v) is 5.55. The molecule has 1 unspecified atom stereocenters. The lowest BCUT2D eigenvalue weighted by Crippen LogP contribution is -2.19. The Morgan fingerprint density at radius 3 is 2.56 bits per heavy atom. The lowest BCUT2D eigenvalue weighted by atomic mass is 10.1. The van der Waals surface area contributed by atoms with Crippen LogP contribution in [-0.2, 0) is 11.8 Å². The van der Waals surface area contributed by atoms with E-state index in [9.17, 15) is 18.3 Å². The maximum atomic E-state index is 12.8. The van der Waals surface area contributed by atoms with Gasteiger partial charge in [0, 0.05) is 16.5 Å². The highest BCUT2D eigenvalue weighted by atomic mass is 32.1. The smallest absolute Gasteiger partial charge is 0.382 e. The number of alkyl halides is 3. The topological polar surface area (TPSA) is 97.8 Å². The zero-order valence-corrected chi connectivity index (χ0v) is 17.7. The maximum absolute atomic E-state index is 12.8. The fourth-order valence-electron chi connectivity index (χ4n) is 2.95. The van der Waals surface area contributed by atoms with Gasteiger partial charge in [-0.1, -0.05) is 24.0 Å². The Hall–Kier alpha value is -3.55. The average molecular weight is 455 g/mol. The maximum Gasteiger partial charge on any atom is 0.434 e. The Balaban J connectivity index is 1.65. The third-order valence-electron chi connectivity index (χ3n) is 4.50. The van der Waals surface area contributed by atoms with Crippen molar-refractivity contribution in [3.63, 3.8) is 0 Å². The summed E-state index contributed by atoms with van der Waals surface area (Å²) in [6, 6.07) is 10.7. The van der Waals surface area contributed by atoms with E-state index in [1.165, 1.54) is 6.92 Å². The fraction of sp³-hybridized carbons (Fsp3) is 0.182. The summed E-state index contributed by atoms with van der Waals surface area (Å²) in [6.07, 6.45) is -4.58. The number of thiazole rings is 1. The summed E-state index contributed by atoms with van der Waals surface area (Å²) in [5.41, 5.74) is 6.11. The van der Waals surface area contributed by atoms with Crippen LogP contribution in [-0.4, -0.2) is 25.0 Å². The number of nitrogens with two attached hydrogens (primary N) is 1. The van der Waals surface area contributed by atoms with E-state index in [0.29, 0.717) is 39.5 Å². The molecule has 4 rings (SSSR count). The number of aromatic nitrogens is 4. The van der Waals surface area contributed by atoms with E-state index in [0.717, 1.165) is 10.9 Å². The molecule has 0 radical (unpaired) electrons. The van der Waals surface area contributed by atoms with Crippen LogP contribution >= 0.6 is 11.3 Å². The molecule has 0 saturated carbocycles. The minimum atomic E-state index is -4.58. The zero-order valence-electron chi connectivity index (χ0n) is 16.9. The lowest BCUT2D eigenvalue weighted by molar-refractivity contribution is -0.140. The highest BCUT2D eigenvalue weighted by Crippen LogP contribution is 2.33. The van der Waals surface area contributed by atoms with Crippen LogP contribution in [0.25, 0.3) is 22.3 Å². The van der Waals surface area contributed by atoms with E-state index >= 15 is 0 Å². The van der Waals surface area contributed by atoms with Crippen LogP contribution in [0.5, 0.6) is 0 Å². The first-order valence-electron chi connectivity index (χ1n) is 9.33. The molecule has 32 heavy (non-hydrogen) atoms. The number of benzene rings is 1. The van der Waals surface area contributed by atoms with Crippen molar-refractivity contribution in [2.45, 2.75) is 25.6 Å². The van der Waals surface area contributed by atoms with E-state index in [1.54, 1.807) is 37.3 Å². The molecule has 4 aromatic rings. The Kier molecular flexibility index (Phi) is 5.32. The number of nitrogen functional groups attached to an aromatic ring is 1. The molecule has 162 valence electrons. The number of hydrogen-bond donors (Lipinski definition) is 2. The summed E-state index contributed by atoms with van der Waals surface area (Å²) in [5.74, 6) is 6.24. The largest absolute Gasteiger partial charge is 0.434 e. The second-order valence-corrected chi connectivity index (χ2v) is 8.02. The highest BCUT2D eigenvalue weighted by molar-refractivity contribution is 7.09. The molecular weight excluding hydrogens is 439 g/mol. The monoisotopic (exact) mass is 455 g/mol. The minimum absolute atomic E-state index is 0.129. The van der Waals surface area contributed by atoms with Gasteiger partial charge in [-0.15, -0.1) is 11.3 Å². The van der Waals surface area contributed by atoms with Gasteiger partial charge in [0.2, 0.25) is 0 Å².